The van der Waals surface area contributed by atoms with E-state index >= 15 is 0 Å². The van der Waals surface area contributed by atoms with Crippen LogP contribution in [0, 0.1) is 0 Å². The summed E-state index contributed by atoms with van der Waals surface area (Å²) in [7, 11) is 0. The third-order valence-corrected chi connectivity index (χ3v) is 2.70. The van der Waals surface area contributed by atoms with Gasteiger partial charge in [0.05, 0.1) is 0 Å². The van der Waals surface area contributed by atoms with E-state index in [1.807, 2.05) is 12.1 Å². The smallest absolute Gasteiger partial charge is 0.151 e. The lowest BCUT2D eigenvalue weighted by atomic mass is 10.3. The largest absolute Gasteiger partial charge is 0.353 e. The maximum absolute atomic E-state index is 5.53. The van der Waals surface area contributed by atoms with Gasteiger partial charge in [0.15, 0.2) is 5.82 Å². The van der Waals surface area contributed by atoms with Crippen LogP contribution in [-0.4, -0.2) is 54.4 Å². The molecule has 2 N–H and O–H groups in total. The van der Waals surface area contributed by atoms with Gasteiger partial charge >= 0.3 is 0 Å². The van der Waals surface area contributed by atoms with E-state index in [0.717, 1.165) is 45.1 Å². The van der Waals surface area contributed by atoms with Crippen LogP contribution in [0.1, 0.15) is 0 Å². The van der Waals surface area contributed by atoms with Crippen molar-refractivity contribution in [3.05, 3.63) is 18.3 Å². The molecule has 2 rings (SSSR count). The zero-order valence-electron chi connectivity index (χ0n) is 8.84. The van der Waals surface area contributed by atoms with E-state index in [0.29, 0.717) is 0 Å². The van der Waals surface area contributed by atoms with Crippen LogP contribution < -0.4 is 10.6 Å². The molecular formula is C10H17N5. The number of nitrogens with two attached hydrogens (primary N) is 1. The van der Waals surface area contributed by atoms with E-state index in [4.69, 9.17) is 5.73 Å². The van der Waals surface area contributed by atoms with E-state index in [-0.39, 0.29) is 0 Å². The molecule has 0 amide bonds. The molecule has 82 valence electrons. The number of hydrogen-bond acceptors (Lipinski definition) is 5. The highest BCUT2D eigenvalue weighted by Crippen LogP contribution is 2.10. The Kier molecular flexibility index (Phi) is 3.47. The van der Waals surface area contributed by atoms with Crippen LogP contribution in [-0.2, 0) is 0 Å². The average molecular weight is 207 g/mol. The second kappa shape index (κ2) is 5.04. The maximum atomic E-state index is 5.53. The van der Waals surface area contributed by atoms with Gasteiger partial charge in [-0.05, 0) is 12.1 Å². The van der Waals surface area contributed by atoms with E-state index in [1.165, 1.54) is 0 Å². The molecule has 5 nitrogen and oxygen atoms in total. The van der Waals surface area contributed by atoms with Gasteiger partial charge in [0.25, 0.3) is 0 Å². The summed E-state index contributed by atoms with van der Waals surface area (Å²) in [4.78, 5) is 4.65. The van der Waals surface area contributed by atoms with Gasteiger partial charge in [-0.25, -0.2) is 0 Å². The summed E-state index contributed by atoms with van der Waals surface area (Å²) in [5.74, 6) is 0.977. The zero-order chi connectivity index (χ0) is 10.5. The van der Waals surface area contributed by atoms with Gasteiger partial charge in [0.1, 0.15) is 0 Å². The Labute approximate surface area is 89.9 Å². The van der Waals surface area contributed by atoms with Crippen molar-refractivity contribution in [2.45, 2.75) is 0 Å². The molecule has 1 aromatic rings. The molecule has 0 unspecified atom stereocenters. The lowest BCUT2D eigenvalue weighted by molar-refractivity contribution is 0.264. The molecule has 0 spiro atoms. The Morgan fingerprint density at radius 2 is 2.07 bits per heavy atom. The van der Waals surface area contributed by atoms with Crippen molar-refractivity contribution in [2.24, 2.45) is 5.73 Å². The van der Waals surface area contributed by atoms with Gasteiger partial charge in [-0.1, -0.05) is 0 Å². The van der Waals surface area contributed by atoms with Crippen LogP contribution in [0.3, 0.4) is 0 Å². The summed E-state index contributed by atoms with van der Waals surface area (Å²) in [6.45, 7) is 5.89. The van der Waals surface area contributed by atoms with Gasteiger partial charge in [-0.2, -0.15) is 5.10 Å². The van der Waals surface area contributed by atoms with Crippen LogP contribution >= 0.6 is 0 Å². The van der Waals surface area contributed by atoms with Crippen molar-refractivity contribution < 1.29 is 0 Å². The summed E-state index contributed by atoms with van der Waals surface area (Å²) in [6, 6.07) is 3.93. The second-order valence-corrected chi connectivity index (χ2v) is 3.70. The van der Waals surface area contributed by atoms with Crippen LogP contribution in [0.4, 0.5) is 5.82 Å². The van der Waals surface area contributed by atoms with Crippen molar-refractivity contribution in [1.29, 1.82) is 0 Å². The highest BCUT2D eigenvalue weighted by atomic mass is 15.3. The fourth-order valence-corrected chi connectivity index (χ4v) is 1.85. The topological polar surface area (TPSA) is 58.3 Å². The molecule has 15 heavy (non-hydrogen) atoms. The third kappa shape index (κ3) is 2.64. The number of anilines is 1. The molecular weight excluding hydrogens is 190 g/mol. The first-order valence-corrected chi connectivity index (χ1v) is 5.35. The predicted molar refractivity (Wildman–Crippen MR) is 59.7 cm³/mol. The van der Waals surface area contributed by atoms with E-state index < -0.39 is 0 Å². The second-order valence-electron chi connectivity index (χ2n) is 3.70. The molecule has 0 bridgehead atoms. The number of piperazine rings is 1. The monoisotopic (exact) mass is 207 g/mol. The van der Waals surface area contributed by atoms with E-state index in [2.05, 4.69) is 20.0 Å². The van der Waals surface area contributed by atoms with Crippen molar-refractivity contribution in [3.8, 4) is 0 Å². The number of hydrogen-bond donors (Lipinski definition) is 1. The minimum atomic E-state index is 0.741. The van der Waals surface area contributed by atoms with Crippen LogP contribution in [0.15, 0.2) is 18.3 Å². The van der Waals surface area contributed by atoms with Gasteiger partial charge in [0.2, 0.25) is 0 Å². The Morgan fingerprint density at radius 3 is 2.67 bits per heavy atom. The van der Waals surface area contributed by atoms with Crippen molar-refractivity contribution >= 4 is 5.82 Å². The normalized spacial score (nSPS) is 18.1. The Morgan fingerprint density at radius 1 is 1.27 bits per heavy atom. The fourth-order valence-electron chi connectivity index (χ4n) is 1.85. The SMILES string of the molecule is NCCN1CCN(c2cccnn2)CC1. The molecule has 0 radical (unpaired) electrons. The maximum Gasteiger partial charge on any atom is 0.151 e. The molecule has 2 heterocycles. The molecule has 1 aliphatic heterocycles. The van der Waals surface area contributed by atoms with Crippen LogP contribution in [0.25, 0.3) is 0 Å². The van der Waals surface area contributed by atoms with Gasteiger partial charge in [-0.15, -0.1) is 5.10 Å². The Balaban J connectivity index is 1.88. The Hall–Kier alpha value is -1.20. The highest BCUT2D eigenvalue weighted by molar-refractivity contribution is 5.36. The quantitative estimate of drug-likeness (QED) is 0.728. The van der Waals surface area contributed by atoms with E-state index in [1.54, 1.807) is 6.20 Å². The Bertz CT molecular complexity index is 281. The minimum Gasteiger partial charge on any atom is -0.353 e. The summed E-state index contributed by atoms with van der Waals surface area (Å²) in [6.07, 6.45) is 1.70. The molecule has 5 heteroatoms. The van der Waals surface area contributed by atoms with Gasteiger partial charge in [0, 0.05) is 45.5 Å². The molecule has 1 aromatic heterocycles. The molecule has 0 aromatic carbocycles. The van der Waals surface area contributed by atoms with Gasteiger partial charge in [-0.3, -0.25) is 4.90 Å². The first-order valence-electron chi connectivity index (χ1n) is 5.35. The number of aromatic nitrogens is 2. The molecule has 1 saturated heterocycles. The van der Waals surface area contributed by atoms with Crippen molar-refractivity contribution in [1.82, 2.24) is 15.1 Å². The lowest BCUT2D eigenvalue weighted by Crippen LogP contribution is -2.48. The van der Waals surface area contributed by atoms with Crippen molar-refractivity contribution in [2.75, 3.05) is 44.2 Å². The number of rotatable bonds is 3. The molecule has 0 saturated carbocycles. The average Bonchev–Trinajstić information content (AvgIpc) is 2.32. The summed E-state index contributed by atoms with van der Waals surface area (Å²) >= 11 is 0. The summed E-state index contributed by atoms with van der Waals surface area (Å²) in [5.41, 5.74) is 5.53. The summed E-state index contributed by atoms with van der Waals surface area (Å²) in [5, 5.41) is 8.00. The standard InChI is InChI=1S/C10H17N5/c11-3-5-14-6-8-15(9-7-14)10-2-1-4-12-13-10/h1-2,4H,3,5-9,11H2. The fraction of sp³-hybridized carbons (Fsp3) is 0.600. The lowest BCUT2D eigenvalue weighted by Gasteiger charge is -2.34. The predicted octanol–water partition coefficient (Wildman–Crippen LogP) is -0.443. The minimum absolute atomic E-state index is 0.741. The third-order valence-electron chi connectivity index (χ3n) is 2.70. The molecule has 0 aliphatic carbocycles. The molecule has 0 atom stereocenters. The van der Waals surface area contributed by atoms with Crippen LogP contribution in [0.2, 0.25) is 0 Å². The zero-order valence-corrected chi connectivity index (χ0v) is 8.84. The first kappa shape index (κ1) is 10.3. The van der Waals surface area contributed by atoms with Crippen molar-refractivity contribution in [3.63, 3.8) is 0 Å². The molecule has 1 fully saturated rings. The highest BCUT2D eigenvalue weighted by Gasteiger charge is 2.16. The molecule has 1 aliphatic rings. The summed E-state index contributed by atoms with van der Waals surface area (Å²) < 4.78 is 0. The first-order chi connectivity index (χ1) is 7.40. The van der Waals surface area contributed by atoms with Gasteiger partial charge < -0.3 is 10.6 Å². The van der Waals surface area contributed by atoms with E-state index in [9.17, 15) is 0 Å². The number of nitrogens with zero attached hydrogens (tertiary/aromatic N) is 4. The van der Waals surface area contributed by atoms with Crippen LogP contribution in [0.5, 0.6) is 0 Å².